The lowest BCUT2D eigenvalue weighted by molar-refractivity contribution is -0.0823. The summed E-state index contributed by atoms with van der Waals surface area (Å²) in [6.07, 6.45) is 13.1. The zero-order chi connectivity index (χ0) is 20.1. The van der Waals surface area contributed by atoms with Crippen LogP contribution in [-0.4, -0.2) is 17.6 Å². The molecule has 5 saturated carbocycles. The van der Waals surface area contributed by atoms with Crippen LogP contribution >= 0.6 is 12.2 Å². The van der Waals surface area contributed by atoms with Gasteiger partial charge in [0.15, 0.2) is 0 Å². The van der Waals surface area contributed by atoms with Crippen molar-refractivity contribution in [3.8, 4) is 0 Å². The molecule has 0 aromatic heterocycles. The van der Waals surface area contributed by atoms with E-state index in [1.54, 1.807) is 5.56 Å². The molecular formula is C26H38N2S. The number of hydrogen-bond donors (Lipinski definition) is 2. The van der Waals surface area contributed by atoms with E-state index in [0.29, 0.717) is 11.5 Å². The summed E-state index contributed by atoms with van der Waals surface area (Å²) < 4.78 is 0. The molecule has 5 aliphatic rings. The van der Waals surface area contributed by atoms with Crippen molar-refractivity contribution in [2.45, 2.75) is 82.6 Å². The molecule has 1 aromatic carbocycles. The molecule has 3 N–H and O–H groups in total. The highest BCUT2D eigenvalue weighted by atomic mass is 32.1. The first-order valence-corrected chi connectivity index (χ1v) is 12.5. The third-order valence-electron chi connectivity index (χ3n) is 9.35. The van der Waals surface area contributed by atoms with E-state index >= 15 is 0 Å². The number of nitrogens with two attached hydrogens (primary N) is 1. The van der Waals surface area contributed by atoms with Crippen molar-refractivity contribution in [1.29, 1.82) is 0 Å². The van der Waals surface area contributed by atoms with Crippen LogP contribution in [0, 0.1) is 29.1 Å². The summed E-state index contributed by atoms with van der Waals surface area (Å²) in [4.78, 5) is 1.22. The third kappa shape index (κ3) is 3.37. The Morgan fingerprint density at radius 1 is 1.03 bits per heavy atom. The zero-order valence-corrected chi connectivity index (χ0v) is 18.9. The average molecular weight is 411 g/mol. The van der Waals surface area contributed by atoms with Gasteiger partial charge in [0.25, 0.3) is 0 Å². The average Bonchev–Trinajstić information content (AvgIpc) is 2.74. The molecule has 0 radical (unpaired) electrons. The van der Waals surface area contributed by atoms with Crippen molar-refractivity contribution >= 4 is 17.2 Å². The van der Waals surface area contributed by atoms with Crippen LogP contribution in [0.1, 0.15) is 76.7 Å². The number of benzene rings is 1. The first kappa shape index (κ1) is 20.0. The Morgan fingerprint density at radius 3 is 2.28 bits per heavy atom. The SMILES string of the molecule is CCC1C2CC3(C(=S)NC4CCC(CN)CC4)CC1CC(c1ccccc1)(C2)C3. The molecule has 29 heavy (non-hydrogen) atoms. The van der Waals surface area contributed by atoms with Crippen LogP contribution in [0.5, 0.6) is 0 Å². The second-order valence-corrected chi connectivity index (χ2v) is 11.3. The van der Waals surface area contributed by atoms with Crippen LogP contribution in [0.3, 0.4) is 0 Å². The van der Waals surface area contributed by atoms with Crippen molar-refractivity contribution in [3.63, 3.8) is 0 Å². The third-order valence-corrected chi connectivity index (χ3v) is 9.90. The predicted octanol–water partition coefficient (Wildman–Crippen LogP) is 5.60. The minimum atomic E-state index is 0.243. The monoisotopic (exact) mass is 410 g/mol. The molecule has 4 bridgehead atoms. The van der Waals surface area contributed by atoms with Gasteiger partial charge in [-0.15, -0.1) is 0 Å². The highest BCUT2D eigenvalue weighted by Crippen LogP contribution is 2.68. The molecule has 2 unspecified atom stereocenters. The molecule has 0 amide bonds. The minimum Gasteiger partial charge on any atom is -0.376 e. The van der Waals surface area contributed by atoms with E-state index in [1.165, 1.54) is 69.2 Å². The second kappa shape index (κ2) is 7.64. The van der Waals surface area contributed by atoms with E-state index < -0.39 is 0 Å². The number of thiocarbonyl (C=S) groups is 1. The van der Waals surface area contributed by atoms with Gasteiger partial charge < -0.3 is 11.1 Å². The highest BCUT2D eigenvalue weighted by Gasteiger charge is 2.62. The van der Waals surface area contributed by atoms with Gasteiger partial charge in [-0.3, -0.25) is 0 Å². The molecular weight excluding hydrogens is 372 g/mol. The minimum absolute atomic E-state index is 0.243. The Kier molecular flexibility index (Phi) is 5.27. The summed E-state index contributed by atoms with van der Waals surface area (Å²) in [5.74, 6) is 3.36. The van der Waals surface area contributed by atoms with Crippen LogP contribution in [0.15, 0.2) is 30.3 Å². The smallest absolute Gasteiger partial charge is 0.0818 e. The van der Waals surface area contributed by atoms with E-state index in [4.69, 9.17) is 18.0 Å². The lowest BCUT2D eigenvalue weighted by atomic mass is 9.40. The molecule has 6 rings (SSSR count). The molecule has 3 heteroatoms. The van der Waals surface area contributed by atoms with Crippen molar-refractivity contribution < 1.29 is 0 Å². The lowest BCUT2D eigenvalue weighted by Gasteiger charge is -2.65. The van der Waals surface area contributed by atoms with Gasteiger partial charge in [0.05, 0.1) is 4.99 Å². The molecule has 0 aliphatic heterocycles. The molecule has 5 aliphatic carbocycles. The van der Waals surface area contributed by atoms with Crippen LogP contribution in [0.4, 0.5) is 0 Å². The summed E-state index contributed by atoms with van der Waals surface area (Å²) in [7, 11) is 0. The van der Waals surface area contributed by atoms with Crippen LogP contribution in [-0.2, 0) is 5.41 Å². The Hall–Kier alpha value is -0.930. The first-order chi connectivity index (χ1) is 14.1. The first-order valence-electron chi connectivity index (χ1n) is 12.1. The molecule has 1 aromatic rings. The predicted molar refractivity (Wildman–Crippen MR) is 125 cm³/mol. The van der Waals surface area contributed by atoms with Crippen molar-refractivity contribution in [1.82, 2.24) is 5.32 Å². The molecule has 158 valence electrons. The summed E-state index contributed by atoms with van der Waals surface area (Å²) in [5, 5.41) is 3.91. The van der Waals surface area contributed by atoms with Crippen molar-refractivity contribution in [3.05, 3.63) is 35.9 Å². The summed E-state index contributed by atoms with van der Waals surface area (Å²) in [6, 6.07) is 12.0. The summed E-state index contributed by atoms with van der Waals surface area (Å²) in [5.41, 5.74) is 8.09. The normalized spacial score (nSPS) is 43.3. The van der Waals surface area contributed by atoms with Gasteiger partial charge in [0, 0.05) is 11.5 Å². The van der Waals surface area contributed by atoms with E-state index in [0.717, 1.165) is 30.2 Å². The van der Waals surface area contributed by atoms with Crippen LogP contribution in [0.25, 0.3) is 0 Å². The van der Waals surface area contributed by atoms with Gasteiger partial charge in [-0.2, -0.15) is 0 Å². The highest BCUT2D eigenvalue weighted by molar-refractivity contribution is 7.80. The summed E-state index contributed by atoms with van der Waals surface area (Å²) in [6.45, 7) is 3.27. The Balaban J connectivity index is 1.39. The molecule has 0 saturated heterocycles. The van der Waals surface area contributed by atoms with Crippen molar-refractivity contribution in [2.24, 2.45) is 34.8 Å². The maximum atomic E-state index is 6.22. The maximum absolute atomic E-state index is 6.22. The summed E-state index contributed by atoms with van der Waals surface area (Å²) >= 11 is 6.22. The number of rotatable bonds is 5. The fourth-order valence-corrected chi connectivity index (χ4v) is 8.59. The van der Waals surface area contributed by atoms with E-state index in [9.17, 15) is 0 Å². The molecule has 2 atom stereocenters. The maximum Gasteiger partial charge on any atom is 0.0818 e. The fourth-order valence-electron chi connectivity index (χ4n) is 8.19. The van der Waals surface area contributed by atoms with E-state index in [-0.39, 0.29) is 5.41 Å². The van der Waals surface area contributed by atoms with Gasteiger partial charge in [-0.05, 0) is 99.0 Å². The molecule has 0 heterocycles. The standard InChI is InChI=1S/C26H38N2S/c1-2-23-19-12-25(21-6-4-3-5-7-21)13-20(23)15-26(14-19,17-25)24(29)28-22-10-8-18(16-27)9-11-22/h3-7,18-20,22-23H,2,8-17,27H2,1H3,(H,28,29). The molecule has 5 fully saturated rings. The van der Waals surface area contributed by atoms with Gasteiger partial charge in [-0.1, -0.05) is 55.9 Å². The van der Waals surface area contributed by atoms with Gasteiger partial charge in [0.1, 0.15) is 0 Å². The van der Waals surface area contributed by atoms with Gasteiger partial charge >= 0.3 is 0 Å². The van der Waals surface area contributed by atoms with E-state index in [1.807, 2.05) is 0 Å². The number of nitrogens with one attached hydrogen (secondary N) is 1. The van der Waals surface area contributed by atoms with Gasteiger partial charge in [0.2, 0.25) is 0 Å². The van der Waals surface area contributed by atoms with Crippen LogP contribution < -0.4 is 11.1 Å². The van der Waals surface area contributed by atoms with Crippen molar-refractivity contribution in [2.75, 3.05) is 6.54 Å². The van der Waals surface area contributed by atoms with Gasteiger partial charge in [-0.25, -0.2) is 0 Å². The Bertz CT molecular complexity index is 720. The molecule has 2 nitrogen and oxygen atoms in total. The topological polar surface area (TPSA) is 38.0 Å². The largest absolute Gasteiger partial charge is 0.376 e. The fraction of sp³-hybridized carbons (Fsp3) is 0.731. The van der Waals surface area contributed by atoms with E-state index in [2.05, 4.69) is 42.6 Å². The quantitative estimate of drug-likeness (QED) is 0.621. The second-order valence-electron chi connectivity index (χ2n) is 10.9. The van der Waals surface area contributed by atoms with Crippen LogP contribution in [0.2, 0.25) is 0 Å². The lowest BCUT2D eigenvalue weighted by Crippen LogP contribution is -2.62. The number of hydrogen-bond acceptors (Lipinski definition) is 2. The zero-order valence-electron chi connectivity index (χ0n) is 18.0. The Morgan fingerprint density at radius 2 is 1.69 bits per heavy atom. The Labute approximate surface area is 182 Å². The molecule has 0 spiro atoms.